The van der Waals surface area contributed by atoms with Crippen molar-refractivity contribution >= 4 is 29.0 Å². The highest BCUT2D eigenvalue weighted by atomic mass is 32.1. The van der Waals surface area contributed by atoms with Gasteiger partial charge in [0.15, 0.2) is 11.7 Å². The van der Waals surface area contributed by atoms with Gasteiger partial charge in [-0.25, -0.2) is 4.98 Å². The van der Waals surface area contributed by atoms with Crippen molar-refractivity contribution in [3.8, 4) is 10.9 Å². The monoisotopic (exact) mass is 469 g/mol. The number of carbonyl (C=O) groups is 3. The third-order valence-corrected chi connectivity index (χ3v) is 5.74. The van der Waals surface area contributed by atoms with Crippen LogP contribution in [0.15, 0.2) is 41.9 Å². The second kappa shape index (κ2) is 11.4. The van der Waals surface area contributed by atoms with E-state index in [9.17, 15) is 14.4 Å². The van der Waals surface area contributed by atoms with E-state index in [1.165, 1.54) is 11.3 Å². The van der Waals surface area contributed by atoms with Crippen LogP contribution in [0.4, 0.5) is 0 Å². The molecule has 0 radical (unpaired) electrons. The van der Waals surface area contributed by atoms with Crippen LogP contribution in [0.2, 0.25) is 0 Å². The first kappa shape index (κ1) is 24.2. The fourth-order valence-electron chi connectivity index (χ4n) is 3.23. The molecule has 0 spiro atoms. The van der Waals surface area contributed by atoms with Gasteiger partial charge in [0.25, 0.3) is 5.91 Å². The van der Waals surface area contributed by atoms with Crippen LogP contribution in [0.1, 0.15) is 51.9 Å². The van der Waals surface area contributed by atoms with Crippen LogP contribution in [-0.4, -0.2) is 47.0 Å². The summed E-state index contributed by atoms with van der Waals surface area (Å²) >= 11 is 1.47. The molecule has 8 nitrogen and oxygen atoms in total. The number of amides is 1. The molecule has 2 heterocycles. The van der Waals surface area contributed by atoms with E-state index in [-0.39, 0.29) is 12.3 Å². The number of nitrogens with one attached hydrogen (secondary N) is 1. The second-order valence-electron chi connectivity index (χ2n) is 7.43. The average molecular weight is 470 g/mol. The van der Waals surface area contributed by atoms with Crippen molar-refractivity contribution in [2.45, 2.75) is 33.6 Å². The van der Waals surface area contributed by atoms with Gasteiger partial charge >= 0.3 is 5.97 Å². The molecular formula is C24H27N3O5S. The zero-order chi connectivity index (χ0) is 23.8. The van der Waals surface area contributed by atoms with Gasteiger partial charge in [-0.3, -0.25) is 19.0 Å². The second-order valence-corrected chi connectivity index (χ2v) is 8.30. The molecule has 0 unspecified atom stereocenters. The molecule has 0 atom stereocenters. The maximum atomic E-state index is 12.6. The molecule has 0 aliphatic rings. The fourth-order valence-corrected chi connectivity index (χ4v) is 3.98. The number of hydrogen-bond donors (Lipinski definition) is 1. The Hall–Kier alpha value is -3.46. The minimum atomic E-state index is -0.690. The van der Waals surface area contributed by atoms with E-state index < -0.39 is 18.5 Å². The third kappa shape index (κ3) is 6.29. The van der Waals surface area contributed by atoms with Crippen molar-refractivity contribution in [1.29, 1.82) is 0 Å². The van der Waals surface area contributed by atoms with Crippen LogP contribution >= 0.6 is 11.3 Å². The zero-order valence-corrected chi connectivity index (χ0v) is 19.7. The van der Waals surface area contributed by atoms with Crippen LogP contribution in [0.5, 0.6) is 5.75 Å². The zero-order valence-electron chi connectivity index (χ0n) is 18.9. The van der Waals surface area contributed by atoms with Gasteiger partial charge in [0, 0.05) is 34.1 Å². The van der Waals surface area contributed by atoms with Gasteiger partial charge in [0.05, 0.1) is 6.61 Å². The van der Waals surface area contributed by atoms with Crippen LogP contribution in [0.3, 0.4) is 0 Å². The molecule has 0 aliphatic heterocycles. The largest absolute Gasteiger partial charge is 0.494 e. The van der Waals surface area contributed by atoms with E-state index in [0.717, 1.165) is 29.4 Å². The standard InChI is InChI=1S/C24H27N3O5S/c1-4-5-11-31-19-8-6-18(7-9-19)23(30)26-14-22(29)32-15-21(28)20-13-16(2)27(17(20)3)24-25-10-12-33-24/h6-10,12-13H,4-5,11,14-15H2,1-3H3,(H,26,30). The van der Waals surface area contributed by atoms with Crippen molar-refractivity contribution in [3.63, 3.8) is 0 Å². The van der Waals surface area contributed by atoms with Crippen molar-refractivity contribution in [1.82, 2.24) is 14.9 Å². The van der Waals surface area contributed by atoms with Crippen molar-refractivity contribution in [3.05, 3.63) is 64.4 Å². The minimum absolute atomic E-state index is 0.316. The number of rotatable bonds is 11. The lowest BCUT2D eigenvalue weighted by Gasteiger charge is -2.08. The Balaban J connectivity index is 1.47. The number of ketones is 1. The summed E-state index contributed by atoms with van der Waals surface area (Å²) in [6.45, 7) is 5.68. The molecule has 174 valence electrons. The molecule has 0 saturated heterocycles. The molecule has 1 amide bonds. The molecule has 33 heavy (non-hydrogen) atoms. The normalized spacial score (nSPS) is 10.6. The molecular weight excluding hydrogens is 442 g/mol. The number of Topliss-reactive ketones (excluding diaryl/α,β-unsaturated/α-hetero) is 1. The molecule has 0 bridgehead atoms. The van der Waals surface area contributed by atoms with Gasteiger partial charge in [-0.05, 0) is 50.6 Å². The number of aromatic nitrogens is 2. The smallest absolute Gasteiger partial charge is 0.325 e. The summed E-state index contributed by atoms with van der Waals surface area (Å²) in [7, 11) is 0. The first-order valence-electron chi connectivity index (χ1n) is 10.7. The molecule has 9 heteroatoms. The summed E-state index contributed by atoms with van der Waals surface area (Å²) in [5, 5.41) is 5.13. The maximum absolute atomic E-state index is 12.6. The van der Waals surface area contributed by atoms with Crippen molar-refractivity contribution in [2.75, 3.05) is 19.8 Å². The van der Waals surface area contributed by atoms with E-state index >= 15 is 0 Å². The first-order chi connectivity index (χ1) is 15.9. The van der Waals surface area contributed by atoms with E-state index in [1.807, 2.05) is 23.8 Å². The number of thiazole rings is 1. The number of aryl methyl sites for hydroxylation is 1. The van der Waals surface area contributed by atoms with Gasteiger partial charge in [-0.15, -0.1) is 11.3 Å². The van der Waals surface area contributed by atoms with Crippen LogP contribution in [0.25, 0.3) is 5.13 Å². The molecule has 1 N–H and O–H groups in total. The van der Waals surface area contributed by atoms with Crippen LogP contribution in [0, 0.1) is 13.8 Å². The van der Waals surface area contributed by atoms with Crippen molar-refractivity contribution in [2.24, 2.45) is 0 Å². The summed E-state index contributed by atoms with van der Waals surface area (Å²) < 4.78 is 12.5. The van der Waals surface area contributed by atoms with Crippen LogP contribution < -0.4 is 10.1 Å². The van der Waals surface area contributed by atoms with E-state index in [2.05, 4.69) is 17.2 Å². The summed E-state index contributed by atoms with van der Waals surface area (Å²) in [5.41, 5.74) is 2.47. The highest BCUT2D eigenvalue weighted by Gasteiger charge is 2.19. The van der Waals surface area contributed by atoms with Gasteiger partial charge < -0.3 is 14.8 Å². The number of ether oxygens (including phenoxy) is 2. The van der Waals surface area contributed by atoms with Gasteiger partial charge in [0.2, 0.25) is 5.78 Å². The predicted molar refractivity (Wildman–Crippen MR) is 125 cm³/mol. The van der Waals surface area contributed by atoms with Gasteiger partial charge in [-0.2, -0.15) is 0 Å². The highest BCUT2D eigenvalue weighted by molar-refractivity contribution is 7.12. The lowest BCUT2D eigenvalue weighted by Crippen LogP contribution is -2.31. The topological polar surface area (TPSA) is 99.5 Å². The lowest BCUT2D eigenvalue weighted by atomic mass is 10.1. The summed E-state index contributed by atoms with van der Waals surface area (Å²) in [5.74, 6) is -0.730. The van der Waals surface area contributed by atoms with Crippen LogP contribution in [-0.2, 0) is 9.53 Å². The summed E-state index contributed by atoms with van der Waals surface area (Å²) in [4.78, 5) is 41.1. The Morgan fingerprint density at radius 3 is 2.58 bits per heavy atom. The molecule has 2 aromatic heterocycles. The highest BCUT2D eigenvalue weighted by Crippen LogP contribution is 2.22. The quantitative estimate of drug-likeness (QED) is 0.260. The van der Waals surface area contributed by atoms with Gasteiger partial charge in [-0.1, -0.05) is 13.3 Å². The van der Waals surface area contributed by atoms with E-state index in [1.54, 1.807) is 36.5 Å². The predicted octanol–water partition coefficient (Wildman–Crippen LogP) is 3.89. The third-order valence-electron chi connectivity index (χ3n) is 4.98. The number of carbonyl (C=O) groups excluding carboxylic acids is 3. The molecule has 3 aromatic rings. The molecule has 1 aromatic carbocycles. The fraction of sp³-hybridized carbons (Fsp3) is 0.333. The summed E-state index contributed by atoms with van der Waals surface area (Å²) in [6, 6.07) is 8.44. The number of hydrogen-bond acceptors (Lipinski definition) is 7. The van der Waals surface area contributed by atoms with Gasteiger partial charge in [0.1, 0.15) is 12.3 Å². The number of nitrogens with zero attached hydrogens (tertiary/aromatic N) is 2. The Labute approximate surface area is 196 Å². The molecule has 0 aliphatic carbocycles. The Morgan fingerprint density at radius 1 is 1.15 bits per heavy atom. The minimum Gasteiger partial charge on any atom is -0.494 e. The molecule has 0 saturated carbocycles. The SMILES string of the molecule is CCCCOc1ccc(C(=O)NCC(=O)OCC(=O)c2cc(C)n(-c3nccs3)c2C)cc1. The maximum Gasteiger partial charge on any atom is 0.325 e. The number of esters is 1. The van der Waals surface area contributed by atoms with Crippen molar-refractivity contribution < 1.29 is 23.9 Å². The average Bonchev–Trinajstić information content (AvgIpc) is 3.43. The Bertz CT molecular complexity index is 1100. The van der Waals surface area contributed by atoms with E-state index in [0.29, 0.717) is 23.5 Å². The lowest BCUT2D eigenvalue weighted by molar-refractivity contribution is -0.141. The number of unbranched alkanes of at least 4 members (excludes halogenated alkanes) is 1. The Morgan fingerprint density at radius 2 is 1.91 bits per heavy atom. The molecule has 0 fully saturated rings. The first-order valence-corrected chi connectivity index (χ1v) is 11.6. The Kier molecular flexibility index (Phi) is 8.37. The summed E-state index contributed by atoms with van der Waals surface area (Å²) in [6.07, 6.45) is 3.71. The van der Waals surface area contributed by atoms with E-state index in [4.69, 9.17) is 9.47 Å². The molecule has 3 rings (SSSR count). The number of benzene rings is 1.